The van der Waals surface area contributed by atoms with E-state index in [1.54, 1.807) is 4.68 Å². The topological polar surface area (TPSA) is 72.7 Å². The summed E-state index contributed by atoms with van der Waals surface area (Å²) in [6.07, 6.45) is 0.388. The van der Waals surface area contributed by atoms with Gasteiger partial charge in [-0.15, -0.1) is 5.10 Å². The van der Waals surface area contributed by atoms with Gasteiger partial charge in [-0.25, -0.2) is 0 Å². The van der Waals surface area contributed by atoms with Gasteiger partial charge in [-0.05, 0) is 48.0 Å². The molecule has 0 aliphatic rings. The second-order valence-corrected chi connectivity index (χ2v) is 6.74. The third-order valence-electron chi connectivity index (χ3n) is 3.64. The summed E-state index contributed by atoms with van der Waals surface area (Å²) < 4.78 is 1.72. The molecule has 1 N–H and O–H groups in total. The lowest BCUT2D eigenvalue weighted by atomic mass is 10.1. The van der Waals surface area contributed by atoms with Crippen molar-refractivity contribution in [3.8, 4) is 5.69 Å². The standard InChI is InChI=1S/C18H19N5OS/c1-13-8-9-16(14(2)12-13)23-18(20-21-22-23)25-11-10-17(24)19-15-6-4-3-5-7-15/h3-9,12H,10-11H2,1-2H3,(H,19,24). The highest BCUT2D eigenvalue weighted by molar-refractivity contribution is 7.99. The van der Waals surface area contributed by atoms with Crippen LogP contribution in [-0.4, -0.2) is 31.9 Å². The summed E-state index contributed by atoms with van der Waals surface area (Å²) in [6, 6.07) is 15.6. The maximum absolute atomic E-state index is 12.0. The predicted octanol–water partition coefficient (Wildman–Crippen LogP) is 3.40. The number of hydrogen-bond acceptors (Lipinski definition) is 5. The van der Waals surface area contributed by atoms with Crippen molar-refractivity contribution in [2.75, 3.05) is 11.1 Å². The van der Waals surface area contributed by atoms with Crippen molar-refractivity contribution in [2.24, 2.45) is 0 Å². The highest BCUT2D eigenvalue weighted by Gasteiger charge is 2.12. The number of thioether (sulfide) groups is 1. The number of para-hydroxylation sites is 1. The number of tetrazole rings is 1. The van der Waals surface area contributed by atoms with E-state index in [0.717, 1.165) is 16.9 Å². The van der Waals surface area contributed by atoms with Gasteiger partial charge < -0.3 is 5.32 Å². The van der Waals surface area contributed by atoms with Crippen LogP contribution < -0.4 is 5.32 Å². The van der Waals surface area contributed by atoms with Crippen molar-refractivity contribution in [2.45, 2.75) is 25.4 Å². The van der Waals surface area contributed by atoms with E-state index in [9.17, 15) is 4.79 Å². The molecule has 3 aromatic rings. The number of nitrogens with one attached hydrogen (secondary N) is 1. The van der Waals surface area contributed by atoms with Gasteiger partial charge in [-0.3, -0.25) is 4.79 Å². The molecule has 1 amide bonds. The Morgan fingerprint density at radius 2 is 1.96 bits per heavy atom. The van der Waals surface area contributed by atoms with Crippen molar-refractivity contribution in [3.63, 3.8) is 0 Å². The van der Waals surface area contributed by atoms with Crippen LogP contribution in [0.15, 0.2) is 53.7 Å². The highest BCUT2D eigenvalue weighted by atomic mass is 32.2. The maximum atomic E-state index is 12.0. The molecule has 25 heavy (non-hydrogen) atoms. The molecule has 0 bridgehead atoms. The lowest BCUT2D eigenvalue weighted by molar-refractivity contribution is -0.115. The van der Waals surface area contributed by atoms with Gasteiger partial charge in [-0.2, -0.15) is 4.68 Å². The smallest absolute Gasteiger partial charge is 0.225 e. The molecule has 0 fully saturated rings. The number of nitrogens with zero attached hydrogens (tertiary/aromatic N) is 4. The molecule has 7 heteroatoms. The third kappa shape index (κ3) is 4.45. The molecule has 0 radical (unpaired) electrons. The van der Waals surface area contributed by atoms with Crippen molar-refractivity contribution >= 4 is 23.4 Å². The predicted molar refractivity (Wildman–Crippen MR) is 99.0 cm³/mol. The lowest BCUT2D eigenvalue weighted by Crippen LogP contribution is -2.12. The maximum Gasteiger partial charge on any atom is 0.225 e. The molecule has 0 aliphatic carbocycles. The highest BCUT2D eigenvalue weighted by Crippen LogP contribution is 2.22. The number of aryl methyl sites for hydroxylation is 2. The molecule has 128 valence electrons. The minimum Gasteiger partial charge on any atom is -0.326 e. The summed E-state index contributed by atoms with van der Waals surface area (Å²) in [5.41, 5.74) is 4.06. The average molecular weight is 353 g/mol. The molecule has 3 rings (SSSR count). The zero-order valence-corrected chi connectivity index (χ0v) is 15.0. The number of amides is 1. The molecule has 0 aliphatic heterocycles. The number of hydrogen-bond donors (Lipinski definition) is 1. The molecule has 6 nitrogen and oxygen atoms in total. The summed E-state index contributed by atoms with van der Waals surface area (Å²) in [7, 11) is 0. The van der Waals surface area contributed by atoms with Gasteiger partial charge in [-0.1, -0.05) is 47.7 Å². The Hall–Kier alpha value is -2.67. The fraction of sp³-hybridized carbons (Fsp3) is 0.222. The Morgan fingerprint density at radius 3 is 2.72 bits per heavy atom. The zero-order chi connectivity index (χ0) is 17.6. The van der Waals surface area contributed by atoms with E-state index in [1.807, 2.05) is 49.4 Å². The van der Waals surface area contributed by atoms with E-state index in [0.29, 0.717) is 17.3 Å². The van der Waals surface area contributed by atoms with E-state index < -0.39 is 0 Å². The number of anilines is 1. The quantitative estimate of drug-likeness (QED) is 0.688. The Morgan fingerprint density at radius 1 is 1.16 bits per heavy atom. The molecule has 0 saturated carbocycles. The van der Waals surface area contributed by atoms with Crippen molar-refractivity contribution in [3.05, 3.63) is 59.7 Å². The van der Waals surface area contributed by atoms with Gasteiger partial charge in [0.1, 0.15) is 0 Å². The van der Waals surface area contributed by atoms with Crippen LogP contribution in [0.1, 0.15) is 17.5 Å². The van der Waals surface area contributed by atoms with Gasteiger partial charge >= 0.3 is 0 Å². The molecule has 0 spiro atoms. The minimum atomic E-state index is -0.0239. The second-order valence-electron chi connectivity index (χ2n) is 5.68. The van der Waals surface area contributed by atoms with Crippen molar-refractivity contribution in [1.82, 2.24) is 20.2 Å². The molecular weight excluding hydrogens is 334 g/mol. The lowest BCUT2D eigenvalue weighted by Gasteiger charge is -2.08. The molecule has 0 unspecified atom stereocenters. The Kier molecular flexibility index (Phi) is 5.45. The number of carbonyl (C=O) groups excluding carboxylic acids is 1. The zero-order valence-electron chi connectivity index (χ0n) is 14.1. The van der Waals surface area contributed by atoms with Crippen LogP contribution in [0.25, 0.3) is 5.69 Å². The largest absolute Gasteiger partial charge is 0.326 e. The average Bonchev–Trinajstić information content (AvgIpc) is 3.04. The third-order valence-corrected chi connectivity index (χ3v) is 4.56. The van der Waals surface area contributed by atoms with Crippen LogP contribution in [0.4, 0.5) is 5.69 Å². The molecule has 2 aromatic carbocycles. The molecular formula is C18H19N5OS. The summed E-state index contributed by atoms with van der Waals surface area (Å²) in [6.45, 7) is 4.09. The number of rotatable bonds is 6. The number of benzene rings is 2. The Labute approximate surface area is 150 Å². The fourth-order valence-corrected chi connectivity index (χ4v) is 3.26. The van der Waals surface area contributed by atoms with Gasteiger partial charge in [0.05, 0.1) is 5.69 Å². The van der Waals surface area contributed by atoms with Gasteiger partial charge in [0.2, 0.25) is 11.1 Å². The van der Waals surface area contributed by atoms with E-state index in [1.165, 1.54) is 17.3 Å². The Bertz CT molecular complexity index is 863. The van der Waals surface area contributed by atoms with E-state index in [4.69, 9.17) is 0 Å². The van der Waals surface area contributed by atoms with Gasteiger partial charge in [0.25, 0.3) is 0 Å². The van der Waals surface area contributed by atoms with Crippen molar-refractivity contribution in [1.29, 1.82) is 0 Å². The summed E-state index contributed by atoms with van der Waals surface area (Å²) >= 11 is 1.47. The van der Waals surface area contributed by atoms with E-state index >= 15 is 0 Å². The number of aromatic nitrogens is 4. The van der Waals surface area contributed by atoms with Gasteiger partial charge in [0.15, 0.2) is 0 Å². The number of carbonyl (C=O) groups is 1. The van der Waals surface area contributed by atoms with Crippen LogP contribution in [0.3, 0.4) is 0 Å². The van der Waals surface area contributed by atoms with Crippen LogP contribution in [-0.2, 0) is 4.79 Å². The second kappa shape index (κ2) is 7.94. The van der Waals surface area contributed by atoms with Crippen LogP contribution in [0, 0.1) is 13.8 Å². The van der Waals surface area contributed by atoms with E-state index in [2.05, 4.69) is 33.8 Å². The molecule has 1 heterocycles. The first-order valence-corrected chi connectivity index (χ1v) is 8.96. The Balaban J connectivity index is 1.59. The molecule has 0 saturated heterocycles. The molecule has 0 atom stereocenters. The first-order chi connectivity index (χ1) is 12.1. The minimum absolute atomic E-state index is 0.0239. The normalized spacial score (nSPS) is 10.6. The first-order valence-electron chi connectivity index (χ1n) is 7.97. The van der Waals surface area contributed by atoms with Crippen LogP contribution in [0.5, 0.6) is 0 Å². The van der Waals surface area contributed by atoms with Gasteiger partial charge in [0, 0.05) is 17.9 Å². The summed E-state index contributed by atoms with van der Waals surface area (Å²) in [4.78, 5) is 12.0. The summed E-state index contributed by atoms with van der Waals surface area (Å²) in [5.74, 6) is 0.577. The monoisotopic (exact) mass is 353 g/mol. The summed E-state index contributed by atoms with van der Waals surface area (Å²) in [5, 5.41) is 15.5. The fourth-order valence-electron chi connectivity index (χ4n) is 2.44. The van der Waals surface area contributed by atoms with Crippen LogP contribution in [0.2, 0.25) is 0 Å². The van der Waals surface area contributed by atoms with E-state index in [-0.39, 0.29) is 5.91 Å². The van der Waals surface area contributed by atoms with Crippen molar-refractivity contribution < 1.29 is 4.79 Å². The van der Waals surface area contributed by atoms with Crippen LogP contribution >= 0.6 is 11.8 Å². The first kappa shape index (κ1) is 17.2. The molecule has 1 aromatic heterocycles. The SMILES string of the molecule is Cc1ccc(-n2nnnc2SCCC(=O)Nc2ccccc2)c(C)c1.